The van der Waals surface area contributed by atoms with Crippen LogP contribution < -0.4 is 15.8 Å². The largest absolute Gasteiger partial charge is 0.490 e. The lowest BCUT2D eigenvalue weighted by molar-refractivity contribution is 0.131. The second kappa shape index (κ2) is 9.96. The lowest BCUT2D eigenvalue weighted by atomic mass is 10.1. The van der Waals surface area contributed by atoms with Crippen molar-refractivity contribution >= 4 is 17.4 Å². The van der Waals surface area contributed by atoms with E-state index in [1.165, 1.54) is 0 Å². The lowest BCUT2D eigenvalue weighted by Crippen LogP contribution is -2.38. The van der Waals surface area contributed by atoms with Gasteiger partial charge in [0.1, 0.15) is 24.2 Å². The molecule has 2 heterocycles. The molecule has 0 saturated heterocycles. The standard InChI is InChI=1S/C22H25ClN6O3/c1-11(2)27-20-15(8-24)6-16(9-26-20)22-28-21(29-32-22)14-5-12(3)19(17(23)7-14)31-10-18(25)13(4)30/h5-7,9,11,13,18,30H,10,25H2,1-4H3,(H,26,27). The molecule has 0 fully saturated rings. The minimum absolute atomic E-state index is 0.125. The maximum absolute atomic E-state index is 9.52. The molecule has 4 N–H and O–H groups in total. The number of halogens is 1. The second-order valence-corrected chi connectivity index (χ2v) is 8.18. The third-order valence-electron chi connectivity index (χ3n) is 4.63. The summed E-state index contributed by atoms with van der Waals surface area (Å²) >= 11 is 6.40. The second-order valence-electron chi connectivity index (χ2n) is 7.77. The molecular weight excluding hydrogens is 432 g/mol. The smallest absolute Gasteiger partial charge is 0.259 e. The molecular formula is C22H25ClN6O3. The molecule has 0 bridgehead atoms. The first kappa shape index (κ1) is 23.5. The van der Waals surface area contributed by atoms with Crippen LogP contribution in [0, 0.1) is 18.3 Å². The van der Waals surface area contributed by atoms with E-state index in [1.807, 2.05) is 26.8 Å². The molecule has 0 aliphatic carbocycles. The summed E-state index contributed by atoms with van der Waals surface area (Å²) in [6.07, 6.45) is 0.876. The highest BCUT2D eigenvalue weighted by atomic mass is 35.5. The van der Waals surface area contributed by atoms with Crippen LogP contribution in [-0.2, 0) is 0 Å². The number of aliphatic hydroxyl groups is 1. The highest BCUT2D eigenvalue weighted by Crippen LogP contribution is 2.34. The maximum Gasteiger partial charge on any atom is 0.259 e. The van der Waals surface area contributed by atoms with E-state index in [0.29, 0.717) is 39.1 Å². The quantitative estimate of drug-likeness (QED) is 0.463. The first-order valence-electron chi connectivity index (χ1n) is 10.1. The SMILES string of the molecule is Cc1cc(-c2noc(-c3cnc(NC(C)C)c(C#N)c3)n2)cc(Cl)c1OCC(N)C(C)O. The van der Waals surface area contributed by atoms with Gasteiger partial charge in [0.25, 0.3) is 5.89 Å². The van der Waals surface area contributed by atoms with Crippen LogP contribution >= 0.6 is 11.6 Å². The Morgan fingerprint density at radius 1 is 1.28 bits per heavy atom. The summed E-state index contributed by atoms with van der Waals surface area (Å²) in [5, 5.41) is 26.5. The third kappa shape index (κ3) is 5.34. The molecule has 3 aromatic rings. The topological polar surface area (TPSA) is 143 Å². The Labute approximate surface area is 191 Å². The number of anilines is 1. The molecule has 10 heteroatoms. The molecule has 3 rings (SSSR count). The number of rotatable bonds is 8. The monoisotopic (exact) mass is 456 g/mol. The number of pyridine rings is 1. The van der Waals surface area contributed by atoms with Crippen molar-refractivity contribution in [3.05, 3.63) is 40.5 Å². The van der Waals surface area contributed by atoms with Crippen molar-refractivity contribution in [2.24, 2.45) is 5.73 Å². The van der Waals surface area contributed by atoms with Gasteiger partial charge < -0.3 is 25.4 Å². The highest BCUT2D eigenvalue weighted by molar-refractivity contribution is 6.32. The van der Waals surface area contributed by atoms with Crippen LogP contribution in [0.4, 0.5) is 5.82 Å². The maximum atomic E-state index is 9.52. The number of benzene rings is 1. The van der Waals surface area contributed by atoms with E-state index in [4.69, 9.17) is 26.6 Å². The highest BCUT2D eigenvalue weighted by Gasteiger charge is 2.18. The minimum Gasteiger partial charge on any atom is -0.490 e. The Balaban J connectivity index is 1.85. The zero-order valence-corrected chi connectivity index (χ0v) is 19.0. The van der Waals surface area contributed by atoms with Gasteiger partial charge in [0.05, 0.1) is 28.3 Å². The molecule has 1 aromatic carbocycles. The van der Waals surface area contributed by atoms with Crippen LogP contribution in [-0.4, -0.2) is 45.0 Å². The van der Waals surface area contributed by atoms with Crippen molar-refractivity contribution in [1.29, 1.82) is 5.26 Å². The van der Waals surface area contributed by atoms with E-state index < -0.39 is 12.1 Å². The number of nitrogens with zero attached hydrogens (tertiary/aromatic N) is 4. The number of nitriles is 1. The van der Waals surface area contributed by atoms with Gasteiger partial charge in [0, 0.05) is 17.8 Å². The van der Waals surface area contributed by atoms with Gasteiger partial charge in [-0.2, -0.15) is 10.2 Å². The number of aliphatic hydroxyl groups excluding tert-OH is 1. The number of nitrogens with two attached hydrogens (primary N) is 1. The molecule has 0 saturated carbocycles. The number of aryl methyl sites for hydroxylation is 1. The van der Waals surface area contributed by atoms with Crippen LogP contribution in [0.5, 0.6) is 5.75 Å². The Kier molecular flexibility index (Phi) is 7.30. The molecule has 0 aliphatic heterocycles. The summed E-state index contributed by atoms with van der Waals surface area (Å²) in [7, 11) is 0. The fourth-order valence-corrected chi connectivity index (χ4v) is 3.20. The van der Waals surface area contributed by atoms with Crippen molar-refractivity contribution in [2.75, 3.05) is 11.9 Å². The molecule has 0 amide bonds. The fraction of sp³-hybridized carbons (Fsp3) is 0.364. The number of ether oxygens (including phenoxy) is 1. The molecule has 0 aliphatic rings. The van der Waals surface area contributed by atoms with Gasteiger partial charge in [0.2, 0.25) is 5.82 Å². The van der Waals surface area contributed by atoms with E-state index in [2.05, 4.69) is 26.5 Å². The van der Waals surface area contributed by atoms with Crippen LogP contribution in [0.1, 0.15) is 31.9 Å². The Hall–Kier alpha value is -3.19. The Morgan fingerprint density at radius 3 is 2.66 bits per heavy atom. The summed E-state index contributed by atoms with van der Waals surface area (Å²) in [5.41, 5.74) is 8.13. The van der Waals surface area contributed by atoms with Crippen molar-refractivity contribution < 1.29 is 14.4 Å². The van der Waals surface area contributed by atoms with Crippen LogP contribution in [0.15, 0.2) is 28.9 Å². The van der Waals surface area contributed by atoms with Crippen molar-refractivity contribution in [1.82, 2.24) is 15.1 Å². The first-order chi connectivity index (χ1) is 15.2. The summed E-state index contributed by atoms with van der Waals surface area (Å²) < 4.78 is 11.1. The van der Waals surface area contributed by atoms with Crippen molar-refractivity contribution in [3.63, 3.8) is 0 Å². The van der Waals surface area contributed by atoms with Gasteiger partial charge in [-0.05, 0) is 51.5 Å². The summed E-state index contributed by atoms with van der Waals surface area (Å²) in [5.74, 6) is 1.54. The van der Waals surface area contributed by atoms with E-state index in [9.17, 15) is 10.4 Å². The number of hydrogen-bond acceptors (Lipinski definition) is 9. The third-order valence-corrected chi connectivity index (χ3v) is 4.91. The lowest BCUT2D eigenvalue weighted by Gasteiger charge is -2.17. The summed E-state index contributed by atoms with van der Waals surface area (Å²) in [4.78, 5) is 8.73. The van der Waals surface area contributed by atoms with Gasteiger partial charge in [0.15, 0.2) is 0 Å². The molecule has 0 spiro atoms. The van der Waals surface area contributed by atoms with Gasteiger partial charge >= 0.3 is 0 Å². The average molecular weight is 457 g/mol. The average Bonchev–Trinajstić information content (AvgIpc) is 3.23. The molecule has 0 radical (unpaired) electrons. The normalized spacial score (nSPS) is 13.0. The Morgan fingerprint density at radius 2 is 2.03 bits per heavy atom. The zero-order chi connectivity index (χ0) is 23.4. The van der Waals surface area contributed by atoms with Crippen LogP contribution in [0.2, 0.25) is 5.02 Å². The van der Waals surface area contributed by atoms with E-state index in [0.717, 1.165) is 5.56 Å². The van der Waals surface area contributed by atoms with Gasteiger partial charge in [-0.3, -0.25) is 0 Å². The summed E-state index contributed by atoms with van der Waals surface area (Å²) in [6, 6.07) is 6.87. The summed E-state index contributed by atoms with van der Waals surface area (Å²) in [6.45, 7) is 7.49. The van der Waals surface area contributed by atoms with E-state index in [1.54, 1.807) is 25.3 Å². The van der Waals surface area contributed by atoms with Gasteiger partial charge in [-0.25, -0.2) is 4.98 Å². The first-order valence-corrected chi connectivity index (χ1v) is 10.4. The van der Waals surface area contributed by atoms with Crippen molar-refractivity contribution in [2.45, 2.75) is 45.9 Å². The van der Waals surface area contributed by atoms with Crippen LogP contribution in [0.3, 0.4) is 0 Å². The number of nitrogens with one attached hydrogen (secondary N) is 1. The van der Waals surface area contributed by atoms with Gasteiger partial charge in [-0.15, -0.1) is 0 Å². The predicted octanol–water partition coefficient (Wildman–Crippen LogP) is 3.54. The zero-order valence-electron chi connectivity index (χ0n) is 18.3. The molecule has 9 nitrogen and oxygen atoms in total. The fourth-order valence-electron chi connectivity index (χ4n) is 2.87. The van der Waals surface area contributed by atoms with Crippen LogP contribution in [0.25, 0.3) is 22.8 Å². The van der Waals surface area contributed by atoms with Gasteiger partial charge in [-0.1, -0.05) is 16.8 Å². The molecule has 2 aromatic heterocycles. The predicted molar refractivity (Wildman–Crippen MR) is 121 cm³/mol. The van der Waals surface area contributed by atoms with Crippen molar-refractivity contribution in [3.8, 4) is 34.7 Å². The van der Waals surface area contributed by atoms with E-state index >= 15 is 0 Å². The van der Waals surface area contributed by atoms with E-state index in [-0.39, 0.29) is 18.5 Å². The minimum atomic E-state index is -0.697. The Bertz CT molecular complexity index is 1120. The molecule has 2 atom stereocenters. The number of hydrogen-bond donors (Lipinski definition) is 3. The number of aromatic nitrogens is 3. The molecule has 32 heavy (non-hydrogen) atoms. The molecule has 2 unspecified atom stereocenters. The molecule has 168 valence electrons.